The quantitative estimate of drug-likeness (QED) is 0.321. The van der Waals surface area contributed by atoms with Gasteiger partial charge in [0.25, 0.3) is 0 Å². The summed E-state index contributed by atoms with van der Waals surface area (Å²) in [6, 6.07) is 36.0. The number of hydrogen-bond acceptors (Lipinski definition) is 5. The van der Waals surface area contributed by atoms with Crippen LogP contribution >= 0.6 is 0 Å². The van der Waals surface area contributed by atoms with Crippen LogP contribution in [-0.4, -0.2) is 27.7 Å². The minimum atomic E-state index is 0.551. The lowest BCUT2D eigenvalue weighted by Crippen LogP contribution is -2.01. The monoisotopic (exact) mass is 452 g/mol. The van der Waals surface area contributed by atoms with E-state index in [9.17, 15) is 0 Å². The van der Waals surface area contributed by atoms with Crippen molar-refractivity contribution in [2.45, 2.75) is 0 Å². The summed E-state index contributed by atoms with van der Waals surface area (Å²) in [7, 11) is 0.680. The normalized spacial score (nSPS) is 11.0. The summed E-state index contributed by atoms with van der Waals surface area (Å²) in [5.74, 6) is 2.38. The molecule has 1 radical (unpaired) electrons. The van der Waals surface area contributed by atoms with Crippen molar-refractivity contribution in [3.63, 3.8) is 0 Å². The molecule has 0 unspecified atom stereocenters. The fourth-order valence-electron chi connectivity index (χ4n) is 4.26. The standard InChI is InChI=1S/C29H19BN3O2/c34-30-35-24-15-16-25-22(18-24)11-6-12-26(25)29-32-27(20-8-2-1-3-9-20)31-28(33-29)23-14-13-19-7-4-5-10-21(19)17-23/h1-18,34H. The maximum Gasteiger partial charge on any atom is 0.569 e. The molecule has 0 saturated heterocycles. The van der Waals surface area contributed by atoms with E-state index in [1.54, 1.807) is 0 Å². The fourth-order valence-corrected chi connectivity index (χ4v) is 4.26. The summed E-state index contributed by atoms with van der Waals surface area (Å²) in [6.07, 6.45) is 0. The molecule has 0 spiro atoms. The molecular formula is C29H19BN3O2. The van der Waals surface area contributed by atoms with Crippen molar-refractivity contribution in [2.75, 3.05) is 0 Å². The second kappa shape index (κ2) is 9.01. The molecule has 5 nitrogen and oxygen atoms in total. The van der Waals surface area contributed by atoms with Gasteiger partial charge in [-0.3, -0.25) is 0 Å². The lowest BCUT2D eigenvalue weighted by molar-refractivity contribution is 0.454. The SMILES string of the molecule is O[B]Oc1ccc2c(-c3nc(-c4ccccc4)nc(-c4ccc5ccccc5c4)n3)cccc2c1. The molecule has 0 fully saturated rings. The van der Waals surface area contributed by atoms with Gasteiger partial charge in [0, 0.05) is 16.7 Å². The highest BCUT2D eigenvalue weighted by Gasteiger charge is 2.14. The Morgan fingerprint density at radius 1 is 0.543 bits per heavy atom. The molecule has 0 amide bonds. The van der Waals surface area contributed by atoms with Crippen molar-refractivity contribution >= 4 is 29.2 Å². The predicted molar refractivity (Wildman–Crippen MR) is 140 cm³/mol. The van der Waals surface area contributed by atoms with Crippen LogP contribution in [-0.2, 0) is 0 Å². The molecule has 5 aromatic carbocycles. The smallest absolute Gasteiger partial charge is 0.537 e. The summed E-state index contributed by atoms with van der Waals surface area (Å²) in [5.41, 5.74) is 2.75. The van der Waals surface area contributed by atoms with Gasteiger partial charge in [-0.15, -0.1) is 0 Å². The Kier molecular flexibility index (Phi) is 5.41. The van der Waals surface area contributed by atoms with E-state index in [4.69, 9.17) is 24.6 Å². The highest BCUT2D eigenvalue weighted by atomic mass is 16.5. The van der Waals surface area contributed by atoms with Crippen LogP contribution in [0.3, 0.4) is 0 Å². The first-order valence-electron chi connectivity index (χ1n) is 11.2. The molecule has 1 aromatic heterocycles. The zero-order valence-corrected chi connectivity index (χ0v) is 18.7. The van der Waals surface area contributed by atoms with Crippen molar-refractivity contribution in [2.24, 2.45) is 0 Å². The lowest BCUT2D eigenvalue weighted by Gasteiger charge is -2.11. The molecule has 6 rings (SSSR count). The second-order valence-electron chi connectivity index (χ2n) is 8.15. The Morgan fingerprint density at radius 2 is 1.26 bits per heavy atom. The van der Waals surface area contributed by atoms with Gasteiger partial charge in [-0.2, -0.15) is 0 Å². The molecule has 0 aliphatic heterocycles. The molecule has 1 heterocycles. The minimum absolute atomic E-state index is 0.551. The number of nitrogens with zero attached hydrogens (tertiary/aromatic N) is 3. The number of hydrogen-bond donors (Lipinski definition) is 1. The maximum atomic E-state index is 8.99. The molecule has 0 bridgehead atoms. The van der Waals surface area contributed by atoms with E-state index in [0.717, 1.165) is 32.8 Å². The highest BCUT2D eigenvalue weighted by molar-refractivity contribution is 6.17. The zero-order chi connectivity index (χ0) is 23.6. The van der Waals surface area contributed by atoms with Crippen LogP contribution in [0.1, 0.15) is 0 Å². The van der Waals surface area contributed by atoms with Crippen LogP contribution in [0, 0.1) is 0 Å². The molecule has 0 aliphatic carbocycles. The highest BCUT2D eigenvalue weighted by Crippen LogP contribution is 2.32. The van der Waals surface area contributed by atoms with Crippen LogP contribution in [0.15, 0.2) is 109 Å². The van der Waals surface area contributed by atoms with E-state index in [0.29, 0.717) is 30.9 Å². The van der Waals surface area contributed by atoms with Gasteiger partial charge in [0.1, 0.15) is 5.75 Å². The Balaban J connectivity index is 1.56. The first-order chi connectivity index (χ1) is 17.3. The molecular weight excluding hydrogens is 433 g/mol. The summed E-state index contributed by atoms with van der Waals surface area (Å²) in [6.45, 7) is 0. The largest absolute Gasteiger partial charge is 0.569 e. The molecule has 1 N–H and O–H groups in total. The van der Waals surface area contributed by atoms with E-state index in [1.807, 2.05) is 84.9 Å². The summed E-state index contributed by atoms with van der Waals surface area (Å²) >= 11 is 0. The van der Waals surface area contributed by atoms with Gasteiger partial charge in [-0.05, 0) is 39.7 Å². The first-order valence-corrected chi connectivity index (χ1v) is 11.2. The third kappa shape index (κ3) is 4.11. The lowest BCUT2D eigenvalue weighted by atomic mass is 10.0. The van der Waals surface area contributed by atoms with Crippen LogP contribution in [0.5, 0.6) is 5.75 Å². The van der Waals surface area contributed by atoms with Gasteiger partial charge < -0.3 is 9.68 Å². The van der Waals surface area contributed by atoms with E-state index < -0.39 is 0 Å². The molecule has 0 atom stereocenters. The van der Waals surface area contributed by atoms with Crippen LogP contribution < -0.4 is 4.65 Å². The van der Waals surface area contributed by atoms with Crippen molar-refractivity contribution in [3.8, 4) is 39.9 Å². The van der Waals surface area contributed by atoms with Crippen LogP contribution in [0.2, 0.25) is 0 Å². The van der Waals surface area contributed by atoms with E-state index in [2.05, 4.69) is 24.3 Å². The molecule has 6 heteroatoms. The number of aromatic nitrogens is 3. The van der Waals surface area contributed by atoms with Gasteiger partial charge >= 0.3 is 7.69 Å². The van der Waals surface area contributed by atoms with Crippen molar-refractivity contribution in [3.05, 3.63) is 109 Å². The number of fused-ring (bicyclic) bond motifs is 2. The Labute approximate surface area is 203 Å². The summed E-state index contributed by atoms with van der Waals surface area (Å²) in [5, 5.41) is 13.2. The second-order valence-corrected chi connectivity index (χ2v) is 8.15. The maximum absolute atomic E-state index is 8.99. The topological polar surface area (TPSA) is 68.1 Å². The Morgan fingerprint density at radius 3 is 2.09 bits per heavy atom. The summed E-state index contributed by atoms with van der Waals surface area (Å²) in [4.78, 5) is 14.6. The summed E-state index contributed by atoms with van der Waals surface area (Å²) < 4.78 is 5.14. The predicted octanol–water partition coefficient (Wildman–Crippen LogP) is 6.08. The zero-order valence-electron chi connectivity index (χ0n) is 18.7. The van der Waals surface area contributed by atoms with E-state index >= 15 is 0 Å². The molecule has 0 saturated carbocycles. The number of rotatable bonds is 5. The van der Waals surface area contributed by atoms with Gasteiger partial charge in [-0.1, -0.05) is 91.0 Å². The minimum Gasteiger partial charge on any atom is -0.537 e. The molecule has 35 heavy (non-hydrogen) atoms. The third-order valence-electron chi connectivity index (χ3n) is 5.96. The average molecular weight is 452 g/mol. The van der Waals surface area contributed by atoms with E-state index in [-0.39, 0.29) is 0 Å². The molecule has 6 aromatic rings. The van der Waals surface area contributed by atoms with Gasteiger partial charge in [0.05, 0.1) is 0 Å². The third-order valence-corrected chi connectivity index (χ3v) is 5.96. The molecule has 165 valence electrons. The van der Waals surface area contributed by atoms with Crippen LogP contribution in [0.25, 0.3) is 55.7 Å². The molecule has 0 aliphatic rings. The van der Waals surface area contributed by atoms with Gasteiger partial charge in [0.2, 0.25) is 0 Å². The van der Waals surface area contributed by atoms with Crippen molar-refractivity contribution in [1.82, 2.24) is 15.0 Å². The first kappa shape index (κ1) is 21.0. The Bertz CT molecular complexity index is 1670. The van der Waals surface area contributed by atoms with Crippen LogP contribution in [0.4, 0.5) is 0 Å². The van der Waals surface area contributed by atoms with Gasteiger partial charge in [-0.25, -0.2) is 15.0 Å². The van der Waals surface area contributed by atoms with Gasteiger partial charge in [0.15, 0.2) is 17.5 Å². The number of benzene rings is 5. The van der Waals surface area contributed by atoms with Crippen molar-refractivity contribution in [1.29, 1.82) is 0 Å². The Hall–Kier alpha value is -4.55. The fraction of sp³-hybridized carbons (Fsp3) is 0. The van der Waals surface area contributed by atoms with Crippen molar-refractivity contribution < 1.29 is 9.68 Å². The average Bonchev–Trinajstić information content (AvgIpc) is 2.93. The van der Waals surface area contributed by atoms with E-state index in [1.165, 1.54) is 5.39 Å².